The highest BCUT2D eigenvalue weighted by atomic mass is 35.5. The first-order chi connectivity index (χ1) is 14.7. The van der Waals surface area contributed by atoms with Crippen molar-refractivity contribution >= 4 is 35.0 Å². The number of aryl methyl sites for hydroxylation is 1. The maximum atomic E-state index is 12.7. The summed E-state index contributed by atoms with van der Waals surface area (Å²) in [7, 11) is 1.22. The molecule has 0 radical (unpaired) electrons. The number of carbonyl (C=O) groups is 2. The SMILES string of the molecule is COC(=O)Nc1cc(Cl)ccc1-c1cc(=O)n(CC(=O)NC2(C(=N)CO)CC2)c(C)n1. The van der Waals surface area contributed by atoms with Gasteiger partial charge in [-0.15, -0.1) is 0 Å². The third-order valence-corrected chi connectivity index (χ3v) is 5.28. The molecular weight excluding hydrogens is 426 g/mol. The smallest absolute Gasteiger partial charge is 0.411 e. The zero-order valence-electron chi connectivity index (χ0n) is 17.0. The van der Waals surface area contributed by atoms with Gasteiger partial charge in [0.05, 0.1) is 36.3 Å². The highest BCUT2D eigenvalue weighted by molar-refractivity contribution is 6.31. The molecule has 2 amide bonds. The Morgan fingerprint density at radius 1 is 1.35 bits per heavy atom. The monoisotopic (exact) mass is 447 g/mol. The Balaban J connectivity index is 1.86. The highest BCUT2D eigenvalue weighted by Crippen LogP contribution is 2.36. The molecule has 2 aromatic rings. The Labute approximate surface area is 182 Å². The van der Waals surface area contributed by atoms with E-state index in [2.05, 4.69) is 20.4 Å². The van der Waals surface area contributed by atoms with Crippen LogP contribution in [0.1, 0.15) is 18.7 Å². The molecule has 0 aliphatic heterocycles. The topological polar surface area (TPSA) is 146 Å². The number of aliphatic hydroxyl groups excluding tert-OH is 1. The number of benzene rings is 1. The third-order valence-electron chi connectivity index (χ3n) is 5.04. The van der Waals surface area contributed by atoms with E-state index in [1.165, 1.54) is 23.8 Å². The molecule has 0 saturated heterocycles. The van der Waals surface area contributed by atoms with Crippen LogP contribution in [-0.4, -0.2) is 51.6 Å². The molecule has 1 aliphatic rings. The summed E-state index contributed by atoms with van der Waals surface area (Å²) in [5.41, 5.74) is -0.151. The van der Waals surface area contributed by atoms with Gasteiger partial charge < -0.3 is 20.6 Å². The first-order valence-electron chi connectivity index (χ1n) is 9.42. The van der Waals surface area contributed by atoms with Crippen LogP contribution in [0.15, 0.2) is 29.1 Å². The lowest BCUT2D eigenvalue weighted by Gasteiger charge is -2.18. The Hall–Kier alpha value is -3.24. The molecule has 11 heteroatoms. The van der Waals surface area contributed by atoms with Crippen LogP contribution < -0.4 is 16.2 Å². The molecule has 0 spiro atoms. The second-order valence-electron chi connectivity index (χ2n) is 7.19. The molecule has 0 bridgehead atoms. The van der Waals surface area contributed by atoms with E-state index in [1.54, 1.807) is 19.1 Å². The van der Waals surface area contributed by atoms with Gasteiger partial charge >= 0.3 is 6.09 Å². The summed E-state index contributed by atoms with van der Waals surface area (Å²) in [6.45, 7) is 0.884. The number of rotatable bonds is 7. The molecule has 0 unspecified atom stereocenters. The van der Waals surface area contributed by atoms with E-state index in [0.29, 0.717) is 40.6 Å². The third kappa shape index (κ3) is 4.92. The van der Waals surface area contributed by atoms with Crippen LogP contribution in [-0.2, 0) is 16.1 Å². The zero-order chi connectivity index (χ0) is 22.8. The van der Waals surface area contributed by atoms with Crippen LogP contribution in [0.3, 0.4) is 0 Å². The fourth-order valence-electron chi connectivity index (χ4n) is 3.18. The minimum Gasteiger partial charge on any atom is -0.453 e. The largest absolute Gasteiger partial charge is 0.453 e. The molecule has 164 valence electrons. The summed E-state index contributed by atoms with van der Waals surface area (Å²) in [5.74, 6) is -0.159. The molecule has 1 saturated carbocycles. The van der Waals surface area contributed by atoms with Crippen LogP contribution in [0, 0.1) is 12.3 Å². The van der Waals surface area contributed by atoms with E-state index in [9.17, 15) is 14.4 Å². The maximum Gasteiger partial charge on any atom is 0.411 e. The lowest BCUT2D eigenvalue weighted by atomic mass is 10.1. The van der Waals surface area contributed by atoms with Crippen molar-refractivity contribution in [3.8, 4) is 11.3 Å². The fourth-order valence-corrected chi connectivity index (χ4v) is 3.36. The summed E-state index contributed by atoms with van der Waals surface area (Å²) in [4.78, 5) is 41.2. The van der Waals surface area contributed by atoms with Crippen molar-refractivity contribution in [3.05, 3.63) is 45.5 Å². The molecule has 10 nitrogen and oxygen atoms in total. The number of methoxy groups -OCH3 is 1. The molecule has 1 fully saturated rings. The minimum absolute atomic E-state index is 0.0479. The first kappa shape index (κ1) is 22.4. The van der Waals surface area contributed by atoms with Gasteiger partial charge in [0.15, 0.2) is 0 Å². The van der Waals surface area contributed by atoms with Crippen LogP contribution in [0.5, 0.6) is 0 Å². The van der Waals surface area contributed by atoms with Gasteiger partial charge in [-0.1, -0.05) is 11.6 Å². The quantitative estimate of drug-likeness (QED) is 0.475. The second-order valence-corrected chi connectivity index (χ2v) is 7.62. The normalized spacial score (nSPS) is 13.9. The predicted molar refractivity (Wildman–Crippen MR) is 115 cm³/mol. The zero-order valence-corrected chi connectivity index (χ0v) is 17.7. The van der Waals surface area contributed by atoms with Crippen LogP contribution in [0.4, 0.5) is 10.5 Å². The molecule has 0 atom stereocenters. The summed E-state index contributed by atoms with van der Waals surface area (Å²) < 4.78 is 5.82. The molecule has 3 rings (SSSR count). The van der Waals surface area contributed by atoms with Gasteiger partial charge in [0.1, 0.15) is 12.4 Å². The summed E-state index contributed by atoms with van der Waals surface area (Å²) >= 11 is 6.01. The number of nitrogens with one attached hydrogen (secondary N) is 3. The second kappa shape index (κ2) is 8.86. The molecule has 4 N–H and O–H groups in total. The minimum atomic E-state index is -0.811. The maximum absolute atomic E-state index is 12.7. The number of ether oxygens (including phenoxy) is 1. The molecule has 1 aliphatic carbocycles. The van der Waals surface area contributed by atoms with E-state index < -0.39 is 29.7 Å². The van der Waals surface area contributed by atoms with Crippen molar-refractivity contribution in [2.24, 2.45) is 0 Å². The van der Waals surface area contributed by atoms with E-state index >= 15 is 0 Å². The van der Waals surface area contributed by atoms with Gasteiger partial charge in [-0.05, 0) is 38.0 Å². The van der Waals surface area contributed by atoms with Gasteiger partial charge in [0, 0.05) is 16.7 Å². The van der Waals surface area contributed by atoms with Crippen molar-refractivity contribution < 1.29 is 19.4 Å². The summed E-state index contributed by atoms with van der Waals surface area (Å²) in [5, 5.41) is 22.6. The van der Waals surface area contributed by atoms with E-state index in [4.69, 9.17) is 22.1 Å². The molecule has 1 aromatic carbocycles. The number of aromatic nitrogens is 2. The van der Waals surface area contributed by atoms with Crippen LogP contribution in [0.2, 0.25) is 5.02 Å². The number of hydrogen-bond donors (Lipinski definition) is 4. The lowest BCUT2D eigenvalue weighted by molar-refractivity contribution is -0.122. The number of aliphatic hydroxyl groups is 1. The number of hydrogen-bond acceptors (Lipinski definition) is 7. The number of halogens is 1. The summed E-state index contributed by atoms with van der Waals surface area (Å²) in [6, 6.07) is 5.98. The first-order valence-corrected chi connectivity index (χ1v) is 9.80. The number of amides is 2. The average Bonchev–Trinajstić information content (AvgIpc) is 3.50. The molecule has 31 heavy (non-hydrogen) atoms. The Morgan fingerprint density at radius 2 is 2.06 bits per heavy atom. The van der Waals surface area contributed by atoms with E-state index in [-0.39, 0.29) is 12.3 Å². The van der Waals surface area contributed by atoms with Gasteiger partial charge in [-0.25, -0.2) is 9.78 Å². The molecule has 1 heterocycles. The van der Waals surface area contributed by atoms with Crippen LogP contribution >= 0.6 is 11.6 Å². The van der Waals surface area contributed by atoms with E-state index in [1.807, 2.05) is 0 Å². The standard InChI is InChI=1S/C20H22ClN5O5/c1-11-23-15(13-4-3-12(21)7-14(13)24-19(30)31-2)8-18(29)26(11)9-17(28)25-20(5-6-20)16(22)10-27/h3-4,7-8,22,27H,5-6,9-10H2,1-2H3,(H,24,30)(H,25,28). The fraction of sp³-hybridized carbons (Fsp3) is 0.350. The van der Waals surface area contributed by atoms with Gasteiger partial charge in [0.25, 0.3) is 5.56 Å². The molecule has 1 aromatic heterocycles. The van der Waals surface area contributed by atoms with Crippen LogP contribution in [0.25, 0.3) is 11.3 Å². The predicted octanol–water partition coefficient (Wildman–Crippen LogP) is 1.71. The van der Waals surface area contributed by atoms with Gasteiger partial charge in [0.2, 0.25) is 5.91 Å². The van der Waals surface area contributed by atoms with Crippen molar-refractivity contribution in [3.63, 3.8) is 0 Å². The highest BCUT2D eigenvalue weighted by Gasteiger charge is 2.47. The average molecular weight is 448 g/mol. The number of anilines is 1. The Kier molecular flexibility index (Phi) is 6.42. The Morgan fingerprint density at radius 3 is 2.65 bits per heavy atom. The van der Waals surface area contributed by atoms with Crippen molar-refractivity contribution in [2.75, 3.05) is 19.0 Å². The van der Waals surface area contributed by atoms with E-state index in [0.717, 1.165) is 0 Å². The van der Waals surface area contributed by atoms with Gasteiger partial charge in [-0.3, -0.25) is 19.5 Å². The lowest BCUT2D eigenvalue weighted by Crippen LogP contribution is -2.46. The number of nitrogens with zero attached hydrogens (tertiary/aromatic N) is 2. The molecular formula is C20H22ClN5O5. The van der Waals surface area contributed by atoms with Gasteiger partial charge in [-0.2, -0.15) is 0 Å². The Bertz CT molecular complexity index is 1110. The van der Waals surface area contributed by atoms with Crippen molar-refractivity contribution in [2.45, 2.75) is 31.8 Å². The number of carbonyl (C=O) groups excluding carboxylic acids is 2. The van der Waals surface area contributed by atoms with Crippen molar-refractivity contribution in [1.29, 1.82) is 5.41 Å². The van der Waals surface area contributed by atoms with Crippen molar-refractivity contribution in [1.82, 2.24) is 14.9 Å². The summed E-state index contributed by atoms with van der Waals surface area (Å²) in [6.07, 6.45) is 0.457.